The largest absolute Gasteiger partial charge is 0.394 e. The molecule has 25 heavy (non-hydrogen) atoms. The van der Waals surface area contributed by atoms with Crippen LogP contribution in [0.25, 0.3) is 0 Å². The third kappa shape index (κ3) is 4.45. The van der Waals surface area contributed by atoms with E-state index in [-0.39, 0.29) is 0 Å². The Balaban J connectivity index is 2.11. The average molecular weight is 386 g/mol. The summed E-state index contributed by atoms with van der Waals surface area (Å²) in [6, 6.07) is 0. The SMILES string of the molecule is CCS[C@@H]1OC(CO)[C@@H](O[C@H]2OC(CO)[C@@H](O)C(O)C2O)C(O)C1O. The lowest BCUT2D eigenvalue weighted by molar-refractivity contribution is -0.338. The van der Waals surface area contributed by atoms with Crippen molar-refractivity contribution < 1.29 is 50.0 Å². The molecule has 2 saturated heterocycles. The topological polar surface area (TPSA) is 169 Å². The molecular formula is C14H26O10S. The van der Waals surface area contributed by atoms with Crippen LogP contribution in [0.5, 0.6) is 0 Å². The summed E-state index contributed by atoms with van der Waals surface area (Å²) in [7, 11) is 0. The van der Waals surface area contributed by atoms with Crippen LogP contribution in [-0.2, 0) is 14.2 Å². The molecule has 148 valence electrons. The fraction of sp³-hybridized carbons (Fsp3) is 1.00. The summed E-state index contributed by atoms with van der Waals surface area (Å²) >= 11 is 1.25. The first-order chi connectivity index (χ1) is 11.8. The molecule has 0 radical (unpaired) electrons. The van der Waals surface area contributed by atoms with E-state index in [4.69, 9.17) is 14.2 Å². The van der Waals surface area contributed by atoms with Crippen LogP contribution in [0.3, 0.4) is 0 Å². The summed E-state index contributed by atoms with van der Waals surface area (Å²) in [5.41, 5.74) is -0.758. The van der Waals surface area contributed by atoms with Gasteiger partial charge >= 0.3 is 0 Å². The minimum absolute atomic E-state index is 0.521. The zero-order valence-corrected chi connectivity index (χ0v) is 14.5. The molecule has 0 saturated carbocycles. The van der Waals surface area contributed by atoms with Gasteiger partial charge in [-0.2, -0.15) is 0 Å². The fourth-order valence-corrected chi connectivity index (χ4v) is 3.77. The van der Waals surface area contributed by atoms with Crippen molar-refractivity contribution in [3.63, 3.8) is 0 Å². The van der Waals surface area contributed by atoms with E-state index in [2.05, 4.69) is 0 Å². The molecule has 2 rings (SSSR count). The molecule has 2 aliphatic rings. The van der Waals surface area contributed by atoms with E-state index in [0.29, 0.717) is 5.75 Å². The summed E-state index contributed by atoms with van der Waals surface area (Å²) in [5, 5.41) is 68.7. The van der Waals surface area contributed by atoms with Crippen molar-refractivity contribution in [3.05, 3.63) is 0 Å². The summed E-state index contributed by atoms with van der Waals surface area (Å²) in [6.45, 7) is 0.695. The highest BCUT2D eigenvalue weighted by atomic mass is 32.2. The summed E-state index contributed by atoms with van der Waals surface area (Å²) in [4.78, 5) is 0. The molecule has 0 aromatic carbocycles. The lowest BCUT2D eigenvalue weighted by Crippen LogP contribution is -2.64. The number of rotatable bonds is 6. The smallest absolute Gasteiger partial charge is 0.187 e. The Morgan fingerprint density at radius 2 is 1.44 bits per heavy atom. The Morgan fingerprint density at radius 3 is 2.00 bits per heavy atom. The highest BCUT2D eigenvalue weighted by molar-refractivity contribution is 7.99. The summed E-state index contributed by atoms with van der Waals surface area (Å²) < 4.78 is 16.2. The lowest BCUT2D eigenvalue weighted by atomic mass is 9.97. The maximum absolute atomic E-state index is 10.3. The average Bonchev–Trinajstić information content (AvgIpc) is 2.61. The summed E-state index contributed by atoms with van der Waals surface area (Å²) in [6.07, 6.45) is -12.5. The molecule has 6 unspecified atom stereocenters. The van der Waals surface area contributed by atoms with Gasteiger partial charge in [0, 0.05) is 0 Å². The highest BCUT2D eigenvalue weighted by Gasteiger charge is 2.50. The molecule has 7 N–H and O–H groups in total. The van der Waals surface area contributed by atoms with Crippen molar-refractivity contribution in [2.24, 2.45) is 0 Å². The second-order valence-corrected chi connectivity index (χ2v) is 7.34. The first-order valence-electron chi connectivity index (χ1n) is 8.05. The Labute approximate surface area is 148 Å². The van der Waals surface area contributed by atoms with Gasteiger partial charge in [0.2, 0.25) is 0 Å². The van der Waals surface area contributed by atoms with Crippen LogP contribution in [0.2, 0.25) is 0 Å². The van der Waals surface area contributed by atoms with Gasteiger partial charge in [-0.1, -0.05) is 6.92 Å². The van der Waals surface area contributed by atoms with Crippen LogP contribution in [0.1, 0.15) is 6.92 Å². The normalized spacial score (nSPS) is 48.5. The molecule has 2 aliphatic heterocycles. The van der Waals surface area contributed by atoms with Crippen molar-refractivity contribution in [2.45, 2.75) is 67.5 Å². The van der Waals surface area contributed by atoms with Crippen LogP contribution in [0.4, 0.5) is 0 Å². The molecule has 0 aromatic heterocycles. The molecule has 2 fully saturated rings. The van der Waals surface area contributed by atoms with Crippen molar-refractivity contribution in [1.82, 2.24) is 0 Å². The van der Waals surface area contributed by atoms with Gasteiger partial charge in [-0.3, -0.25) is 0 Å². The molecule has 0 spiro atoms. The molecule has 0 amide bonds. The minimum atomic E-state index is -1.66. The van der Waals surface area contributed by atoms with Crippen LogP contribution < -0.4 is 0 Å². The van der Waals surface area contributed by atoms with Gasteiger partial charge in [-0.05, 0) is 5.75 Å². The molecule has 0 bridgehead atoms. The van der Waals surface area contributed by atoms with Crippen LogP contribution >= 0.6 is 11.8 Å². The number of ether oxygens (including phenoxy) is 3. The van der Waals surface area contributed by atoms with Crippen molar-refractivity contribution >= 4 is 11.8 Å². The Kier molecular flexibility index (Phi) is 7.85. The van der Waals surface area contributed by atoms with Crippen molar-refractivity contribution in [2.75, 3.05) is 19.0 Å². The van der Waals surface area contributed by atoms with Crippen LogP contribution in [0.15, 0.2) is 0 Å². The van der Waals surface area contributed by atoms with E-state index in [1.165, 1.54) is 11.8 Å². The molecular weight excluding hydrogens is 360 g/mol. The number of hydrogen-bond donors (Lipinski definition) is 7. The van der Waals surface area contributed by atoms with Crippen molar-refractivity contribution in [1.29, 1.82) is 0 Å². The zero-order chi connectivity index (χ0) is 18.7. The van der Waals surface area contributed by atoms with Gasteiger partial charge in [0.1, 0.15) is 54.3 Å². The fourth-order valence-electron chi connectivity index (χ4n) is 2.86. The van der Waals surface area contributed by atoms with E-state index in [1.54, 1.807) is 0 Å². The van der Waals surface area contributed by atoms with E-state index < -0.39 is 73.8 Å². The van der Waals surface area contributed by atoms with E-state index in [0.717, 1.165) is 0 Å². The second kappa shape index (κ2) is 9.24. The van der Waals surface area contributed by atoms with E-state index in [1.807, 2.05) is 6.92 Å². The molecule has 0 aliphatic carbocycles. The number of aliphatic hydroxyl groups is 7. The molecule has 11 heteroatoms. The Hall–Kier alpha value is -0.0500. The van der Waals surface area contributed by atoms with E-state index in [9.17, 15) is 35.7 Å². The number of thioether (sulfide) groups is 1. The van der Waals surface area contributed by atoms with Crippen LogP contribution in [0, 0.1) is 0 Å². The molecule has 0 aromatic rings. The molecule has 10 nitrogen and oxygen atoms in total. The van der Waals surface area contributed by atoms with Crippen molar-refractivity contribution in [3.8, 4) is 0 Å². The Bertz CT molecular complexity index is 411. The Morgan fingerprint density at radius 1 is 0.800 bits per heavy atom. The minimum Gasteiger partial charge on any atom is -0.394 e. The maximum atomic E-state index is 10.3. The van der Waals surface area contributed by atoms with E-state index >= 15 is 0 Å². The number of aliphatic hydroxyl groups excluding tert-OH is 7. The first kappa shape index (κ1) is 21.3. The molecule has 10 atom stereocenters. The van der Waals surface area contributed by atoms with Gasteiger partial charge in [0.15, 0.2) is 6.29 Å². The third-order valence-corrected chi connectivity index (χ3v) is 5.34. The van der Waals surface area contributed by atoms with Gasteiger partial charge in [0.25, 0.3) is 0 Å². The molecule has 2 heterocycles. The monoisotopic (exact) mass is 386 g/mol. The predicted octanol–water partition coefficient (Wildman–Crippen LogP) is -3.64. The van der Waals surface area contributed by atoms with Gasteiger partial charge in [-0.15, -0.1) is 11.8 Å². The lowest BCUT2D eigenvalue weighted by Gasteiger charge is -2.46. The number of hydrogen-bond acceptors (Lipinski definition) is 11. The van der Waals surface area contributed by atoms with Gasteiger partial charge in [-0.25, -0.2) is 0 Å². The standard InChI is InChI=1S/C14H26O10S/c1-2-25-14-11(21)9(19)12(6(4-16)23-14)24-13-10(20)8(18)7(17)5(3-15)22-13/h5-21H,2-4H2,1H3/t5?,6?,7-,8?,9?,10?,11?,12-,13-,14+/m1/s1. The highest BCUT2D eigenvalue weighted by Crippen LogP contribution is 2.32. The van der Waals surface area contributed by atoms with Gasteiger partial charge in [0.05, 0.1) is 13.2 Å². The zero-order valence-electron chi connectivity index (χ0n) is 13.7. The first-order valence-corrected chi connectivity index (χ1v) is 9.10. The van der Waals surface area contributed by atoms with Crippen LogP contribution in [-0.4, -0.2) is 115 Å². The summed E-state index contributed by atoms with van der Waals surface area (Å²) in [5.74, 6) is 0.616. The van der Waals surface area contributed by atoms with Gasteiger partial charge < -0.3 is 50.0 Å². The third-order valence-electron chi connectivity index (χ3n) is 4.29. The quantitative estimate of drug-likeness (QED) is 0.240. The maximum Gasteiger partial charge on any atom is 0.187 e. The predicted molar refractivity (Wildman–Crippen MR) is 84.5 cm³/mol. The second-order valence-electron chi connectivity index (χ2n) is 5.96.